The third-order valence-electron chi connectivity index (χ3n) is 5.80. The van der Waals surface area contributed by atoms with Gasteiger partial charge in [-0.2, -0.15) is 8.42 Å². The van der Waals surface area contributed by atoms with Crippen molar-refractivity contribution in [1.82, 2.24) is 0 Å². The summed E-state index contributed by atoms with van der Waals surface area (Å²) < 4.78 is 38.3. The van der Waals surface area contributed by atoms with E-state index in [4.69, 9.17) is 27.9 Å². The number of carbonyl (C=O) groups excluding carboxylic acids is 1. The fourth-order valence-electron chi connectivity index (χ4n) is 3.98. The highest BCUT2D eigenvalue weighted by Gasteiger charge is 2.21. The van der Waals surface area contributed by atoms with Gasteiger partial charge in [0.25, 0.3) is 16.0 Å². The number of carbonyl (C=O) groups is 1. The zero-order chi connectivity index (χ0) is 28.3. The van der Waals surface area contributed by atoms with Crippen LogP contribution in [-0.4, -0.2) is 30.6 Å². The van der Waals surface area contributed by atoms with E-state index in [2.05, 4.69) is 15.5 Å². The monoisotopic (exact) mass is 587 g/mol. The molecule has 4 aromatic carbocycles. The Bertz CT molecular complexity index is 1720. The number of halogens is 2. The Morgan fingerprint density at radius 2 is 1.77 bits per heavy atom. The van der Waals surface area contributed by atoms with Crippen LogP contribution < -0.4 is 10.1 Å². The highest BCUT2D eigenvalue weighted by molar-refractivity contribution is 7.85. The van der Waals surface area contributed by atoms with Gasteiger partial charge >= 0.3 is 0 Å². The Kier molecular flexibility index (Phi) is 8.41. The molecule has 3 N–H and O–H groups in total. The smallest absolute Gasteiger partial charge is 0.294 e. The van der Waals surface area contributed by atoms with Gasteiger partial charge in [0.2, 0.25) is 0 Å². The predicted molar refractivity (Wildman–Crippen MR) is 151 cm³/mol. The molecule has 0 heterocycles. The normalized spacial score (nSPS) is 11.7. The molecule has 0 aliphatic carbocycles. The maximum absolute atomic E-state index is 13.2. The average Bonchev–Trinajstić information content (AvgIpc) is 2.89. The number of phenolic OH excluding ortho intramolecular Hbond substituents is 1. The van der Waals surface area contributed by atoms with E-state index in [1.165, 1.54) is 24.3 Å². The van der Waals surface area contributed by atoms with Gasteiger partial charge in [-0.1, -0.05) is 54.4 Å². The zero-order valence-corrected chi connectivity index (χ0v) is 23.1. The number of hydrogen-bond acceptors (Lipinski definition) is 7. The molecule has 4 rings (SSSR count). The van der Waals surface area contributed by atoms with Gasteiger partial charge in [0, 0.05) is 11.1 Å². The molecule has 0 saturated carbocycles. The van der Waals surface area contributed by atoms with Gasteiger partial charge in [0.15, 0.2) is 5.75 Å². The van der Waals surface area contributed by atoms with Gasteiger partial charge in [-0.15, -0.1) is 10.2 Å². The van der Waals surface area contributed by atoms with Gasteiger partial charge in [-0.25, -0.2) is 0 Å². The molecule has 0 saturated heterocycles. The summed E-state index contributed by atoms with van der Waals surface area (Å²) in [5.74, 6) is -0.560. The Balaban J connectivity index is 1.76. The maximum atomic E-state index is 13.2. The summed E-state index contributed by atoms with van der Waals surface area (Å²) in [4.78, 5) is 12.9. The minimum absolute atomic E-state index is 0.0101. The van der Waals surface area contributed by atoms with E-state index in [1.807, 2.05) is 6.92 Å². The molecule has 0 unspecified atom stereocenters. The van der Waals surface area contributed by atoms with Crippen molar-refractivity contribution >= 4 is 67.1 Å². The summed E-state index contributed by atoms with van der Waals surface area (Å²) in [5, 5.41) is 23.6. The van der Waals surface area contributed by atoms with E-state index >= 15 is 0 Å². The van der Waals surface area contributed by atoms with Crippen molar-refractivity contribution in [3.8, 4) is 11.5 Å². The number of hydrogen-bond donors (Lipinski definition) is 3. The number of ether oxygens (including phenoxy) is 1. The lowest BCUT2D eigenvalue weighted by molar-refractivity contribution is 0.102. The van der Waals surface area contributed by atoms with Crippen LogP contribution in [0.3, 0.4) is 0 Å². The highest BCUT2D eigenvalue weighted by atomic mass is 35.5. The molecule has 9 nitrogen and oxygen atoms in total. The molecule has 0 radical (unpaired) electrons. The first kappa shape index (κ1) is 28.3. The first-order chi connectivity index (χ1) is 18.5. The Morgan fingerprint density at radius 3 is 2.44 bits per heavy atom. The van der Waals surface area contributed by atoms with Crippen LogP contribution in [0.2, 0.25) is 10.0 Å². The van der Waals surface area contributed by atoms with E-state index in [-0.39, 0.29) is 38.8 Å². The first-order valence-corrected chi connectivity index (χ1v) is 13.9. The fraction of sp³-hybridized carbons (Fsp3) is 0.148. The lowest BCUT2D eigenvalue weighted by Crippen LogP contribution is -2.12. The molecule has 12 heteroatoms. The van der Waals surface area contributed by atoms with Crippen LogP contribution in [0.25, 0.3) is 10.8 Å². The van der Waals surface area contributed by atoms with Gasteiger partial charge in [-0.05, 0) is 60.7 Å². The molecule has 4 aromatic rings. The number of aromatic hydroxyl groups is 1. The standard InChI is InChI=1S/C27H23Cl2N3O6S/c1-3-17-23(39(35,36)37)12-10-21(24(17)29)31-32-25-18-8-6-5-7-15(18)13-19(26(25)33)27(34)30-16-9-11-22(38-4-2)20(28)14-16/h5-14,33H,3-4H2,1-2H3,(H,30,34)(H,35,36,37). The van der Waals surface area contributed by atoms with E-state index in [9.17, 15) is 22.9 Å². The van der Waals surface area contributed by atoms with E-state index in [0.29, 0.717) is 33.8 Å². The number of nitrogens with zero attached hydrogens (tertiary/aromatic N) is 2. The summed E-state index contributed by atoms with van der Waals surface area (Å²) in [6.07, 6.45) is 0.205. The number of azo groups is 1. The summed E-state index contributed by atoms with van der Waals surface area (Å²) in [5.41, 5.74) is 0.628. The van der Waals surface area contributed by atoms with Gasteiger partial charge in [0.05, 0.1) is 27.1 Å². The Hall–Kier alpha value is -3.70. The molecule has 0 aliphatic heterocycles. The second-order valence-corrected chi connectivity index (χ2v) is 10.5. The number of rotatable bonds is 8. The molecule has 0 fully saturated rings. The summed E-state index contributed by atoms with van der Waals surface area (Å²) in [6, 6.07) is 15.8. The minimum Gasteiger partial charge on any atom is -0.505 e. The van der Waals surface area contributed by atoms with Crippen molar-refractivity contribution in [3.63, 3.8) is 0 Å². The van der Waals surface area contributed by atoms with Crippen molar-refractivity contribution in [2.75, 3.05) is 11.9 Å². The average molecular weight is 588 g/mol. The lowest BCUT2D eigenvalue weighted by atomic mass is 10.0. The van der Waals surface area contributed by atoms with Crippen molar-refractivity contribution in [2.45, 2.75) is 25.2 Å². The van der Waals surface area contributed by atoms with Gasteiger partial charge in [0.1, 0.15) is 17.1 Å². The summed E-state index contributed by atoms with van der Waals surface area (Å²) in [6.45, 7) is 3.94. The third-order valence-corrected chi connectivity index (χ3v) is 7.45. The number of nitrogens with one attached hydrogen (secondary N) is 1. The van der Waals surface area contributed by atoms with Crippen LogP contribution in [0.5, 0.6) is 11.5 Å². The SMILES string of the molecule is CCOc1ccc(NC(=O)c2cc3ccccc3c(N=Nc3ccc(S(=O)(=O)O)c(CC)c3Cl)c2O)cc1Cl. The van der Waals surface area contributed by atoms with Crippen LogP contribution in [0.15, 0.2) is 75.8 Å². The summed E-state index contributed by atoms with van der Waals surface area (Å²) in [7, 11) is -4.49. The van der Waals surface area contributed by atoms with Crippen LogP contribution >= 0.6 is 23.2 Å². The van der Waals surface area contributed by atoms with Crippen molar-refractivity contribution in [1.29, 1.82) is 0 Å². The van der Waals surface area contributed by atoms with Gasteiger partial charge in [-0.3, -0.25) is 9.35 Å². The molecular formula is C27H23Cl2N3O6S. The number of benzene rings is 4. The van der Waals surface area contributed by atoms with Crippen molar-refractivity contribution in [3.05, 3.63) is 81.8 Å². The molecule has 0 bridgehead atoms. The topological polar surface area (TPSA) is 138 Å². The van der Waals surface area contributed by atoms with E-state index < -0.39 is 21.8 Å². The molecular weight excluding hydrogens is 565 g/mol. The largest absolute Gasteiger partial charge is 0.505 e. The number of fused-ring (bicyclic) bond motifs is 1. The second-order valence-electron chi connectivity index (χ2n) is 8.28. The maximum Gasteiger partial charge on any atom is 0.294 e. The fourth-order valence-corrected chi connectivity index (χ4v) is 5.41. The molecule has 39 heavy (non-hydrogen) atoms. The van der Waals surface area contributed by atoms with Crippen LogP contribution in [0, 0.1) is 0 Å². The van der Waals surface area contributed by atoms with Crippen LogP contribution in [-0.2, 0) is 16.5 Å². The lowest BCUT2D eigenvalue weighted by Gasteiger charge is -2.12. The molecule has 0 aromatic heterocycles. The number of phenols is 1. The van der Waals surface area contributed by atoms with Crippen LogP contribution in [0.4, 0.5) is 17.1 Å². The van der Waals surface area contributed by atoms with Crippen molar-refractivity contribution in [2.24, 2.45) is 10.2 Å². The third kappa shape index (κ3) is 5.99. The quantitative estimate of drug-likeness (QED) is 0.142. The summed E-state index contributed by atoms with van der Waals surface area (Å²) >= 11 is 12.6. The first-order valence-electron chi connectivity index (χ1n) is 11.7. The molecule has 1 amide bonds. The molecule has 0 aliphatic rings. The second kappa shape index (κ2) is 11.6. The minimum atomic E-state index is -4.49. The Labute approximate surface area is 234 Å². The van der Waals surface area contributed by atoms with Crippen LogP contribution in [0.1, 0.15) is 29.8 Å². The number of anilines is 1. The molecule has 202 valence electrons. The van der Waals surface area contributed by atoms with Gasteiger partial charge < -0.3 is 15.2 Å². The predicted octanol–water partition coefficient (Wildman–Crippen LogP) is 7.73. The Morgan fingerprint density at radius 1 is 1.03 bits per heavy atom. The van der Waals surface area contributed by atoms with Crippen molar-refractivity contribution < 1.29 is 27.6 Å². The zero-order valence-electron chi connectivity index (χ0n) is 20.8. The molecule has 0 atom stereocenters. The highest BCUT2D eigenvalue weighted by Crippen LogP contribution is 2.41. The van der Waals surface area contributed by atoms with E-state index in [0.717, 1.165) is 0 Å². The molecule has 0 spiro atoms. The number of amides is 1. The van der Waals surface area contributed by atoms with E-state index in [1.54, 1.807) is 43.3 Å².